The van der Waals surface area contributed by atoms with Gasteiger partial charge in [-0.05, 0) is 25.3 Å². The van der Waals surface area contributed by atoms with Crippen LogP contribution in [0.2, 0.25) is 0 Å². The normalized spacial score (nSPS) is 18.4. The Balaban J connectivity index is 1.98. The number of anilines is 1. The van der Waals surface area contributed by atoms with Gasteiger partial charge in [0.05, 0.1) is 17.6 Å². The number of nitrogens with one attached hydrogen (secondary N) is 1. The van der Waals surface area contributed by atoms with E-state index in [2.05, 4.69) is 26.9 Å². The maximum absolute atomic E-state index is 11.4. The number of nitro groups is 1. The third-order valence-electron chi connectivity index (χ3n) is 3.95. The smallest absolute Gasteiger partial charge is 0.339 e. The van der Waals surface area contributed by atoms with Gasteiger partial charge in [0.2, 0.25) is 5.82 Å². The van der Waals surface area contributed by atoms with Crippen LogP contribution >= 0.6 is 0 Å². The SMILES string of the molecule is COC(=O)c1cnc(NCCN2CCCC(C)C2)c([N+](=O)[O-])c1. The van der Waals surface area contributed by atoms with Crippen molar-refractivity contribution in [1.29, 1.82) is 0 Å². The van der Waals surface area contributed by atoms with Crippen molar-refractivity contribution in [3.05, 3.63) is 27.9 Å². The Hall–Kier alpha value is -2.22. The van der Waals surface area contributed by atoms with Crippen molar-refractivity contribution in [2.24, 2.45) is 5.92 Å². The highest BCUT2D eigenvalue weighted by molar-refractivity contribution is 5.90. The first kappa shape index (κ1) is 17.1. The summed E-state index contributed by atoms with van der Waals surface area (Å²) in [5.74, 6) is 0.220. The predicted molar refractivity (Wildman–Crippen MR) is 85.6 cm³/mol. The van der Waals surface area contributed by atoms with Gasteiger partial charge in [0.15, 0.2) is 0 Å². The summed E-state index contributed by atoms with van der Waals surface area (Å²) in [7, 11) is 1.22. The lowest BCUT2D eigenvalue weighted by Gasteiger charge is -2.30. The molecule has 1 atom stereocenters. The maximum Gasteiger partial charge on any atom is 0.339 e. The molecule has 0 bridgehead atoms. The van der Waals surface area contributed by atoms with Crippen LogP contribution in [0.1, 0.15) is 30.1 Å². The quantitative estimate of drug-likeness (QED) is 0.485. The minimum atomic E-state index is -0.644. The van der Waals surface area contributed by atoms with Gasteiger partial charge in [0.25, 0.3) is 0 Å². The Bertz CT molecular complexity index is 579. The molecular formula is C15H22N4O4. The average molecular weight is 322 g/mol. The largest absolute Gasteiger partial charge is 0.465 e. The number of rotatable bonds is 6. The summed E-state index contributed by atoms with van der Waals surface area (Å²) in [6.45, 7) is 5.72. The van der Waals surface area contributed by atoms with E-state index < -0.39 is 10.9 Å². The van der Waals surface area contributed by atoms with Gasteiger partial charge in [-0.2, -0.15) is 0 Å². The van der Waals surface area contributed by atoms with Crippen LogP contribution < -0.4 is 5.32 Å². The van der Waals surface area contributed by atoms with Crippen LogP contribution in [0.3, 0.4) is 0 Å². The van der Waals surface area contributed by atoms with Crippen LogP contribution in [-0.4, -0.2) is 54.1 Å². The van der Waals surface area contributed by atoms with Gasteiger partial charge in [0.1, 0.15) is 0 Å². The van der Waals surface area contributed by atoms with Gasteiger partial charge in [0, 0.05) is 31.9 Å². The Morgan fingerprint density at radius 1 is 1.61 bits per heavy atom. The summed E-state index contributed by atoms with van der Waals surface area (Å²) in [5, 5.41) is 14.2. The predicted octanol–water partition coefficient (Wildman–Crippen LogP) is 1.92. The minimum absolute atomic E-state index is 0.0644. The summed E-state index contributed by atoms with van der Waals surface area (Å²) >= 11 is 0. The molecule has 0 saturated carbocycles. The summed E-state index contributed by atoms with van der Waals surface area (Å²) in [4.78, 5) is 28.4. The topological polar surface area (TPSA) is 97.6 Å². The lowest BCUT2D eigenvalue weighted by molar-refractivity contribution is -0.384. The molecule has 1 aromatic rings. The number of hydrogen-bond donors (Lipinski definition) is 1. The molecule has 8 heteroatoms. The molecule has 126 valence electrons. The number of pyridine rings is 1. The Morgan fingerprint density at radius 2 is 2.39 bits per heavy atom. The molecule has 0 amide bonds. The molecule has 1 fully saturated rings. The van der Waals surface area contributed by atoms with Gasteiger partial charge < -0.3 is 15.0 Å². The summed E-state index contributed by atoms with van der Waals surface area (Å²) < 4.78 is 4.55. The van der Waals surface area contributed by atoms with Crippen molar-refractivity contribution >= 4 is 17.5 Å². The van der Waals surface area contributed by atoms with Crippen LogP contribution in [-0.2, 0) is 4.74 Å². The number of hydrogen-bond acceptors (Lipinski definition) is 7. The Kier molecular flexibility index (Phi) is 5.86. The number of likely N-dealkylation sites (tertiary alicyclic amines) is 1. The molecule has 8 nitrogen and oxygen atoms in total. The Labute approximate surface area is 135 Å². The standard InChI is InChI=1S/C15H22N4O4/c1-11-4-3-6-18(10-11)7-5-16-14-13(19(21)22)8-12(9-17-14)15(20)23-2/h8-9,11H,3-7,10H2,1-2H3,(H,16,17). The van der Waals surface area contributed by atoms with E-state index in [1.807, 2.05) is 0 Å². The molecule has 0 radical (unpaired) electrons. The molecule has 1 saturated heterocycles. The molecular weight excluding hydrogens is 300 g/mol. The second-order valence-electron chi connectivity index (χ2n) is 5.82. The van der Waals surface area contributed by atoms with Gasteiger partial charge in [-0.3, -0.25) is 10.1 Å². The lowest BCUT2D eigenvalue weighted by Crippen LogP contribution is -2.37. The van der Waals surface area contributed by atoms with E-state index in [9.17, 15) is 14.9 Å². The zero-order valence-corrected chi connectivity index (χ0v) is 13.4. The first-order valence-corrected chi connectivity index (χ1v) is 7.70. The van der Waals surface area contributed by atoms with Gasteiger partial charge in [-0.1, -0.05) is 6.92 Å². The van der Waals surface area contributed by atoms with Crippen LogP contribution in [0.15, 0.2) is 12.3 Å². The fourth-order valence-corrected chi connectivity index (χ4v) is 2.78. The summed E-state index contributed by atoms with van der Waals surface area (Å²) in [6, 6.07) is 1.18. The molecule has 1 aliphatic rings. The molecule has 1 aromatic heterocycles. The monoisotopic (exact) mass is 322 g/mol. The first-order chi connectivity index (χ1) is 11.0. The highest BCUT2D eigenvalue weighted by atomic mass is 16.6. The zero-order valence-electron chi connectivity index (χ0n) is 13.4. The second kappa shape index (κ2) is 7.87. The van der Waals surface area contributed by atoms with Crippen molar-refractivity contribution in [1.82, 2.24) is 9.88 Å². The number of methoxy groups -OCH3 is 1. The molecule has 2 rings (SSSR count). The first-order valence-electron chi connectivity index (χ1n) is 7.70. The molecule has 1 unspecified atom stereocenters. The number of carbonyl (C=O) groups excluding carboxylic acids is 1. The molecule has 1 N–H and O–H groups in total. The Morgan fingerprint density at radius 3 is 3.04 bits per heavy atom. The van der Waals surface area contributed by atoms with Gasteiger partial charge in [-0.15, -0.1) is 0 Å². The van der Waals surface area contributed by atoms with Crippen molar-refractivity contribution in [2.75, 3.05) is 38.6 Å². The number of ether oxygens (including phenoxy) is 1. The van der Waals surface area contributed by atoms with Crippen molar-refractivity contribution in [3.63, 3.8) is 0 Å². The molecule has 2 heterocycles. The molecule has 0 aromatic carbocycles. The van der Waals surface area contributed by atoms with E-state index >= 15 is 0 Å². The number of carbonyl (C=O) groups is 1. The van der Waals surface area contributed by atoms with Crippen molar-refractivity contribution in [2.45, 2.75) is 19.8 Å². The van der Waals surface area contributed by atoms with E-state index in [-0.39, 0.29) is 17.1 Å². The highest BCUT2D eigenvalue weighted by Crippen LogP contribution is 2.23. The van der Waals surface area contributed by atoms with Crippen LogP contribution in [0.4, 0.5) is 11.5 Å². The maximum atomic E-state index is 11.4. The molecule has 1 aliphatic heterocycles. The molecule has 23 heavy (non-hydrogen) atoms. The summed E-state index contributed by atoms with van der Waals surface area (Å²) in [6.07, 6.45) is 3.73. The fourth-order valence-electron chi connectivity index (χ4n) is 2.78. The minimum Gasteiger partial charge on any atom is -0.465 e. The number of nitrogens with zero attached hydrogens (tertiary/aromatic N) is 3. The van der Waals surface area contributed by atoms with Gasteiger partial charge >= 0.3 is 11.7 Å². The van der Waals surface area contributed by atoms with Crippen LogP contribution in [0.5, 0.6) is 0 Å². The van der Waals surface area contributed by atoms with E-state index in [1.165, 1.54) is 32.2 Å². The second-order valence-corrected chi connectivity index (χ2v) is 5.82. The number of aromatic nitrogens is 1. The highest BCUT2D eigenvalue weighted by Gasteiger charge is 2.20. The third kappa shape index (κ3) is 4.62. The van der Waals surface area contributed by atoms with Crippen LogP contribution in [0.25, 0.3) is 0 Å². The third-order valence-corrected chi connectivity index (χ3v) is 3.95. The van der Waals surface area contributed by atoms with E-state index in [4.69, 9.17) is 0 Å². The van der Waals surface area contributed by atoms with Crippen molar-refractivity contribution in [3.8, 4) is 0 Å². The van der Waals surface area contributed by atoms with Crippen LogP contribution in [0, 0.1) is 16.0 Å². The molecule has 0 spiro atoms. The molecule has 0 aliphatic carbocycles. The number of esters is 1. The lowest BCUT2D eigenvalue weighted by atomic mass is 10.0. The van der Waals surface area contributed by atoms with E-state index in [0.717, 1.165) is 19.6 Å². The number of piperidine rings is 1. The van der Waals surface area contributed by atoms with Crippen molar-refractivity contribution < 1.29 is 14.5 Å². The summed E-state index contributed by atoms with van der Waals surface area (Å²) in [5.41, 5.74) is -0.158. The fraction of sp³-hybridized carbons (Fsp3) is 0.600. The van der Waals surface area contributed by atoms with E-state index in [0.29, 0.717) is 12.5 Å². The van der Waals surface area contributed by atoms with E-state index in [1.54, 1.807) is 0 Å². The average Bonchev–Trinajstić information content (AvgIpc) is 2.54. The zero-order chi connectivity index (χ0) is 16.8. The van der Waals surface area contributed by atoms with Gasteiger partial charge in [-0.25, -0.2) is 9.78 Å².